The first-order valence-corrected chi connectivity index (χ1v) is 12.6. The fourth-order valence-corrected chi connectivity index (χ4v) is 9.74. The quantitative estimate of drug-likeness (QED) is 0.333. The smallest absolute Gasteiger partial charge is 0.258 e. The van der Waals surface area contributed by atoms with Crippen LogP contribution in [-0.2, 0) is 11.2 Å². The maximum Gasteiger partial charge on any atom is 0.258 e. The Kier molecular flexibility index (Phi) is 7.83. The average Bonchev–Trinajstić information content (AvgIpc) is 2.78. The second-order valence-electron chi connectivity index (χ2n) is 8.01. The third kappa shape index (κ3) is 4.90. The van der Waals surface area contributed by atoms with Gasteiger partial charge >= 0.3 is 0 Å². The van der Waals surface area contributed by atoms with Crippen LogP contribution in [0.1, 0.15) is 47.1 Å². The summed E-state index contributed by atoms with van der Waals surface area (Å²) in [6.07, 6.45) is 2.92. The summed E-state index contributed by atoms with van der Waals surface area (Å²) in [7, 11) is -0.472. The van der Waals surface area contributed by atoms with Crippen LogP contribution in [0.15, 0.2) is 22.7 Å². The summed E-state index contributed by atoms with van der Waals surface area (Å²) >= 11 is 3.57. The molecule has 1 heterocycles. The molecule has 1 aliphatic rings. The van der Waals surface area contributed by atoms with Crippen molar-refractivity contribution in [2.24, 2.45) is 0 Å². The Morgan fingerprint density at radius 3 is 2.26 bits per heavy atom. The summed E-state index contributed by atoms with van der Waals surface area (Å²) in [4.78, 5) is 0. The van der Waals surface area contributed by atoms with Crippen LogP contribution in [-0.4, -0.2) is 28.8 Å². The molecule has 0 unspecified atom stereocenters. The van der Waals surface area contributed by atoms with E-state index in [1.165, 1.54) is 0 Å². The van der Waals surface area contributed by atoms with E-state index in [1.807, 2.05) is 12.1 Å². The van der Waals surface area contributed by atoms with Crippen LogP contribution >= 0.6 is 15.9 Å². The van der Waals surface area contributed by atoms with Gasteiger partial charge < -0.3 is 18.6 Å². The van der Waals surface area contributed by atoms with Gasteiger partial charge in [-0.3, -0.25) is 0 Å². The first-order chi connectivity index (χ1) is 12.7. The van der Waals surface area contributed by atoms with E-state index < -0.39 is 8.32 Å². The van der Waals surface area contributed by atoms with Crippen molar-refractivity contribution in [2.75, 3.05) is 20.5 Å². The molecule has 4 nitrogen and oxygen atoms in total. The molecule has 0 bridgehead atoms. The fraction of sp³-hybridized carbons (Fsp3) is 0.619. The Balaban J connectivity index is 2.55. The lowest BCUT2D eigenvalue weighted by Gasteiger charge is -2.42. The molecule has 152 valence electrons. The lowest BCUT2D eigenvalue weighted by molar-refractivity contribution is 0.0508. The van der Waals surface area contributed by atoms with Crippen molar-refractivity contribution in [3.63, 3.8) is 0 Å². The summed E-state index contributed by atoms with van der Waals surface area (Å²) in [6.45, 7) is 14.5. The second-order valence-corrected chi connectivity index (χ2v) is 14.4. The van der Waals surface area contributed by atoms with Crippen molar-refractivity contribution < 1.29 is 18.6 Å². The van der Waals surface area contributed by atoms with Gasteiger partial charge in [0.2, 0.25) is 0 Å². The standard InChI is InChI=1S/C21H33BrO4Si/c1-14(2)27(15(3)4,16(5)6)26-21-11-18(25-13-23-7)10-20-19(21)9-8-17(22)12-24-20/h8,10-11,14-16H,9,12-13H2,1-7H3. The Morgan fingerprint density at radius 1 is 1.07 bits per heavy atom. The summed E-state index contributed by atoms with van der Waals surface area (Å²) in [5, 5.41) is 0. The number of hydrogen-bond acceptors (Lipinski definition) is 4. The van der Waals surface area contributed by atoms with Crippen molar-refractivity contribution in [1.82, 2.24) is 0 Å². The van der Waals surface area contributed by atoms with E-state index in [2.05, 4.69) is 63.5 Å². The molecule has 0 amide bonds. The van der Waals surface area contributed by atoms with Gasteiger partial charge in [0.25, 0.3) is 8.32 Å². The molecule has 1 aromatic rings. The van der Waals surface area contributed by atoms with Gasteiger partial charge in [0, 0.05) is 29.3 Å². The molecule has 0 atom stereocenters. The average molecular weight is 457 g/mol. The highest BCUT2D eigenvalue weighted by Gasteiger charge is 2.47. The summed E-state index contributed by atoms with van der Waals surface area (Å²) in [6, 6.07) is 3.94. The highest BCUT2D eigenvalue weighted by atomic mass is 79.9. The molecule has 0 fully saturated rings. The lowest BCUT2D eigenvalue weighted by atomic mass is 10.1. The fourth-order valence-electron chi connectivity index (χ4n) is 4.19. The SMILES string of the molecule is COCOc1cc2c(c(O[Si](C(C)C)(C(C)C)C(C)C)c1)CC=C(Br)CO2. The van der Waals surface area contributed by atoms with Crippen molar-refractivity contribution in [1.29, 1.82) is 0 Å². The third-order valence-corrected chi connectivity index (χ3v) is 11.9. The predicted molar refractivity (Wildman–Crippen MR) is 117 cm³/mol. The lowest BCUT2D eigenvalue weighted by Crippen LogP contribution is -2.50. The first kappa shape index (κ1) is 22.3. The van der Waals surface area contributed by atoms with E-state index >= 15 is 0 Å². The summed E-state index contributed by atoms with van der Waals surface area (Å²) in [5.74, 6) is 2.42. The maximum atomic E-state index is 6.99. The summed E-state index contributed by atoms with van der Waals surface area (Å²) < 4.78 is 24.9. The third-order valence-electron chi connectivity index (χ3n) is 5.37. The van der Waals surface area contributed by atoms with E-state index in [9.17, 15) is 0 Å². The van der Waals surface area contributed by atoms with Gasteiger partial charge in [0.05, 0.1) is 0 Å². The molecule has 0 aliphatic carbocycles. The number of benzene rings is 1. The molecule has 27 heavy (non-hydrogen) atoms. The van der Waals surface area contributed by atoms with Gasteiger partial charge in [-0.05, 0) is 23.0 Å². The zero-order chi connectivity index (χ0) is 20.2. The molecule has 0 aromatic heterocycles. The molecule has 1 aromatic carbocycles. The van der Waals surface area contributed by atoms with Crippen molar-refractivity contribution >= 4 is 24.2 Å². The van der Waals surface area contributed by atoms with Crippen LogP contribution in [0.5, 0.6) is 17.2 Å². The minimum Gasteiger partial charge on any atom is -0.542 e. The van der Waals surface area contributed by atoms with Gasteiger partial charge in [0.1, 0.15) is 23.9 Å². The predicted octanol–water partition coefficient (Wildman–Crippen LogP) is 6.44. The van der Waals surface area contributed by atoms with Gasteiger partial charge in [-0.1, -0.05) is 63.5 Å². The van der Waals surface area contributed by atoms with Crippen LogP contribution in [0.2, 0.25) is 16.6 Å². The molecule has 0 saturated heterocycles. The highest BCUT2D eigenvalue weighted by molar-refractivity contribution is 9.11. The number of rotatable bonds is 8. The zero-order valence-corrected chi connectivity index (χ0v) is 20.2. The topological polar surface area (TPSA) is 36.9 Å². The van der Waals surface area contributed by atoms with E-state index in [4.69, 9.17) is 18.6 Å². The largest absolute Gasteiger partial charge is 0.542 e. The Bertz CT molecular complexity index is 649. The molecule has 0 radical (unpaired) electrons. The van der Waals surface area contributed by atoms with E-state index in [-0.39, 0.29) is 6.79 Å². The van der Waals surface area contributed by atoms with Crippen LogP contribution in [0.25, 0.3) is 0 Å². The van der Waals surface area contributed by atoms with Crippen molar-refractivity contribution in [3.8, 4) is 17.2 Å². The normalized spacial score (nSPS) is 14.7. The Labute approximate surface area is 173 Å². The molecule has 0 spiro atoms. The Hall–Kier alpha value is -0.983. The van der Waals surface area contributed by atoms with E-state index in [0.717, 1.165) is 28.0 Å². The molecule has 0 saturated carbocycles. The molecule has 2 rings (SSSR count). The minimum absolute atomic E-state index is 0.196. The van der Waals surface area contributed by atoms with Gasteiger partial charge in [-0.25, -0.2) is 0 Å². The van der Waals surface area contributed by atoms with Crippen molar-refractivity contribution in [3.05, 3.63) is 28.3 Å². The number of hydrogen-bond donors (Lipinski definition) is 0. The maximum absolute atomic E-state index is 6.99. The Morgan fingerprint density at radius 2 is 1.70 bits per heavy atom. The highest BCUT2D eigenvalue weighted by Crippen LogP contribution is 2.46. The van der Waals surface area contributed by atoms with Gasteiger partial charge in [-0.15, -0.1) is 0 Å². The van der Waals surface area contributed by atoms with E-state index in [0.29, 0.717) is 29.0 Å². The zero-order valence-electron chi connectivity index (χ0n) is 17.6. The molecule has 0 N–H and O–H groups in total. The van der Waals surface area contributed by atoms with Crippen LogP contribution < -0.4 is 13.9 Å². The number of methoxy groups -OCH3 is 1. The number of fused-ring (bicyclic) bond motifs is 1. The van der Waals surface area contributed by atoms with E-state index in [1.54, 1.807) is 7.11 Å². The molecule has 1 aliphatic heterocycles. The minimum atomic E-state index is -2.09. The molecule has 6 heteroatoms. The number of halogens is 1. The number of allylic oxidation sites excluding steroid dienone is 1. The number of ether oxygens (including phenoxy) is 3. The monoisotopic (exact) mass is 456 g/mol. The van der Waals surface area contributed by atoms with Crippen molar-refractivity contribution in [2.45, 2.75) is 64.6 Å². The van der Waals surface area contributed by atoms with Gasteiger partial charge in [-0.2, -0.15) is 0 Å². The molecular weight excluding hydrogens is 424 g/mol. The van der Waals surface area contributed by atoms with Crippen LogP contribution in [0.3, 0.4) is 0 Å². The van der Waals surface area contributed by atoms with Crippen LogP contribution in [0, 0.1) is 0 Å². The molecular formula is C21H33BrO4Si. The first-order valence-electron chi connectivity index (χ1n) is 9.67. The van der Waals surface area contributed by atoms with Crippen LogP contribution in [0.4, 0.5) is 0 Å². The van der Waals surface area contributed by atoms with Gasteiger partial charge in [0.15, 0.2) is 6.79 Å². The second kappa shape index (κ2) is 9.48. The summed E-state index contributed by atoms with van der Waals surface area (Å²) in [5.41, 5.74) is 2.56.